The maximum absolute atomic E-state index is 5.51. The molecule has 0 amide bonds. The molecule has 5 nitrogen and oxygen atoms in total. The number of imidazole rings is 1. The summed E-state index contributed by atoms with van der Waals surface area (Å²) in [6.45, 7) is 3.70. The van der Waals surface area contributed by atoms with Crippen LogP contribution in [-0.2, 0) is 13.0 Å². The van der Waals surface area contributed by atoms with Gasteiger partial charge in [-0.2, -0.15) is 0 Å². The molecular formula is C22H31N3O2. The van der Waals surface area contributed by atoms with Crippen LogP contribution in [0.4, 0.5) is 0 Å². The Bertz CT molecular complexity index is 763. The summed E-state index contributed by atoms with van der Waals surface area (Å²) in [6, 6.07) is 7.02. The van der Waals surface area contributed by atoms with Crippen molar-refractivity contribution in [2.75, 3.05) is 20.9 Å². The topological polar surface area (TPSA) is 39.5 Å². The van der Waals surface area contributed by atoms with Crippen LogP contribution in [0.2, 0.25) is 0 Å². The van der Waals surface area contributed by atoms with Gasteiger partial charge in [0.05, 0.1) is 0 Å². The van der Waals surface area contributed by atoms with Crippen LogP contribution in [0.25, 0.3) is 0 Å². The number of aromatic nitrogens is 2. The summed E-state index contributed by atoms with van der Waals surface area (Å²) in [6.07, 6.45) is 10.3. The van der Waals surface area contributed by atoms with Crippen LogP contribution in [0.15, 0.2) is 30.6 Å². The highest BCUT2D eigenvalue weighted by Gasteiger charge is 2.24. The largest absolute Gasteiger partial charge is 0.454 e. The molecule has 1 aromatic heterocycles. The maximum atomic E-state index is 5.51. The molecule has 0 saturated heterocycles. The van der Waals surface area contributed by atoms with Gasteiger partial charge in [-0.3, -0.25) is 0 Å². The summed E-state index contributed by atoms with van der Waals surface area (Å²) < 4.78 is 13.3. The van der Waals surface area contributed by atoms with E-state index in [0.29, 0.717) is 12.7 Å². The van der Waals surface area contributed by atoms with Crippen LogP contribution >= 0.6 is 0 Å². The van der Waals surface area contributed by atoms with E-state index in [1.165, 1.54) is 37.1 Å². The number of benzene rings is 1. The molecule has 27 heavy (non-hydrogen) atoms. The van der Waals surface area contributed by atoms with Crippen LogP contribution in [0.1, 0.15) is 49.9 Å². The zero-order valence-corrected chi connectivity index (χ0v) is 16.7. The van der Waals surface area contributed by atoms with Crippen molar-refractivity contribution in [2.45, 2.75) is 57.5 Å². The van der Waals surface area contributed by atoms with E-state index in [1.807, 2.05) is 12.3 Å². The second kappa shape index (κ2) is 7.93. The van der Waals surface area contributed by atoms with E-state index >= 15 is 0 Å². The lowest BCUT2D eigenvalue weighted by Crippen LogP contribution is -2.33. The van der Waals surface area contributed by atoms with Crippen LogP contribution in [0.3, 0.4) is 0 Å². The molecule has 1 unspecified atom stereocenters. The molecule has 4 rings (SSSR count). The predicted molar refractivity (Wildman–Crippen MR) is 106 cm³/mol. The maximum Gasteiger partial charge on any atom is 0.231 e. The van der Waals surface area contributed by atoms with Crippen molar-refractivity contribution in [1.29, 1.82) is 0 Å². The molecule has 146 valence electrons. The van der Waals surface area contributed by atoms with Crippen molar-refractivity contribution in [1.82, 2.24) is 14.5 Å². The molecule has 1 aliphatic heterocycles. The lowest BCUT2D eigenvalue weighted by Gasteiger charge is -2.33. The molecule has 2 aliphatic rings. The van der Waals surface area contributed by atoms with Crippen LogP contribution in [0.5, 0.6) is 11.5 Å². The number of fused-ring (bicyclic) bond motifs is 1. The predicted octanol–water partition coefficient (Wildman–Crippen LogP) is 4.08. The summed E-state index contributed by atoms with van der Waals surface area (Å²) in [5.74, 6) is 4.05. The van der Waals surface area contributed by atoms with Gasteiger partial charge in [-0.05, 0) is 69.8 Å². The zero-order valence-electron chi connectivity index (χ0n) is 16.7. The first-order chi connectivity index (χ1) is 13.1. The lowest BCUT2D eigenvalue weighted by atomic mass is 9.85. The Morgan fingerprint density at radius 1 is 1.15 bits per heavy atom. The third kappa shape index (κ3) is 4.13. The molecule has 2 aromatic rings. The number of hydrogen-bond donors (Lipinski definition) is 0. The highest BCUT2D eigenvalue weighted by Crippen LogP contribution is 2.34. The SMILES string of the molecule is CC(Cc1ccc2c(c1)OCO2)c1nccn1CC1CCC(N(C)C)CC1. The Balaban J connectivity index is 1.38. The second-order valence-electron chi connectivity index (χ2n) is 8.37. The first kappa shape index (κ1) is 18.4. The third-order valence-electron chi connectivity index (χ3n) is 6.17. The van der Waals surface area contributed by atoms with Gasteiger partial charge in [-0.15, -0.1) is 0 Å². The minimum absolute atomic E-state index is 0.328. The average molecular weight is 370 g/mol. The Hall–Kier alpha value is -2.01. The van der Waals surface area contributed by atoms with Gasteiger partial charge in [0, 0.05) is 30.9 Å². The smallest absolute Gasteiger partial charge is 0.231 e. The van der Waals surface area contributed by atoms with E-state index in [1.54, 1.807) is 0 Å². The minimum atomic E-state index is 0.328. The molecular weight excluding hydrogens is 338 g/mol. The monoisotopic (exact) mass is 369 g/mol. The second-order valence-corrected chi connectivity index (χ2v) is 8.37. The highest BCUT2D eigenvalue weighted by atomic mass is 16.7. The number of hydrogen-bond acceptors (Lipinski definition) is 4. The van der Waals surface area contributed by atoms with E-state index in [2.05, 4.69) is 48.8 Å². The van der Waals surface area contributed by atoms with Gasteiger partial charge in [-0.1, -0.05) is 13.0 Å². The molecule has 0 radical (unpaired) electrons. The van der Waals surface area contributed by atoms with E-state index in [9.17, 15) is 0 Å². The molecule has 1 atom stereocenters. The van der Waals surface area contributed by atoms with Crippen molar-refractivity contribution in [3.05, 3.63) is 42.0 Å². The van der Waals surface area contributed by atoms with E-state index in [0.717, 1.165) is 36.4 Å². The molecule has 0 spiro atoms. The molecule has 1 fully saturated rings. The number of nitrogens with zero attached hydrogens (tertiary/aromatic N) is 3. The fourth-order valence-electron chi connectivity index (χ4n) is 4.54. The zero-order chi connectivity index (χ0) is 18.8. The van der Waals surface area contributed by atoms with Gasteiger partial charge in [-0.25, -0.2) is 4.98 Å². The van der Waals surface area contributed by atoms with Crippen molar-refractivity contribution in [3.63, 3.8) is 0 Å². The molecule has 1 aromatic carbocycles. The molecule has 1 aliphatic carbocycles. The van der Waals surface area contributed by atoms with Gasteiger partial charge >= 0.3 is 0 Å². The fraction of sp³-hybridized carbons (Fsp3) is 0.591. The number of ether oxygens (including phenoxy) is 2. The molecule has 0 N–H and O–H groups in total. The van der Waals surface area contributed by atoms with Crippen molar-refractivity contribution >= 4 is 0 Å². The van der Waals surface area contributed by atoms with Crippen molar-refractivity contribution in [3.8, 4) is 11.5 Å². The van der Waals surface area contributed by atoms with Gasteiger partial charge in [0.25, 0.3) is 0 Å². The fourth-order valence-corrected chi connectivity index (χ4v) is 4.54. The lowest BCUT2D eigenvalue weighted by molar-refractivity contribution is 0.174. The van der Waals surface area contributed by atoms with E-state index in [-0.39, 0.29) is 0 Å². The average Bonchev–Trinajstić information content (AvgIpc) is 3.31. The quantitative estimate of drug-likeness (QED) is 0.769. The van der Waals surface area contributed by atoms with Gasteiger partial charge in [0.15, 0.2) is 11.5 Å². The summed E-state index contributed by atoms with van der Waals surface area (Å²) in [5.41, 5.74) is 1.27. The first-order valence-corrected chi connectivity index (χ1v) is 10.2. The van der Waals surface area contributed by atoms with Gasteiger partial charge in [0.1, 0.15) is 5.82 Å². The Kier molecular flexibility index (Phi) is 5.39. The van der Waals surface area contributed by atoms with Gasteiger partial charge < -0.3 is 18.9 Å². The molecule has 0 bridgehead atoms. The minimum Gasteiger partial charge on any atom is -0.454 e. The summed E-state index contributed by atoms with van der Waals surface area (Å²) in [5, 5.41) is 0. The molecule has 2 heterocycles. The van der Waals surface area contributed by atoms with Crippen molar-refractivity contribution in [2.24, 2.45) is 5.92 Å². The Morgan fingerprint density at radius 2 is 1.93 bits per heavy atom. The third-order valence-corrected chi connectivity index (χ3v) is 6.17. The molecule has 1 saturated carbocycles. The summed E-state index contributed by atoms with van der Waals surface area (Å²) in [4.78, 5) is 7.07. The highest BCUT2D eigenvalue weighted by molar-refractivity contribution is 5.44. The molecule has 5 heteroatoms. The number of rotatable bonds is 6. The van der Waals surface area contributed by atoms with Crippen molar-refractivity contribution < 1.29 is 9.47 Å². The Morgan fingerprint density at radius 3 is 2.70 bits per heavy atom. The normalized spacial score (nSPS) is 23.0. The van der Waals surface area contributed by atoms with Crippen LogP contribution in [0, 0.1) is 5.92 Å². The standard InChI is InChI=1S/C22H31N3O2/c1-16(12-18-6-9-20-21(13-18)27-15-26-20)22-23-10-11-25(22)14-17-4-7-19(8-5-17)24(2)3/h6,9-11,13,16-17,19H,4-5,7-8,12,14-15H2,1-3H3. The van der Waals surface area contributed by atoms with E-state index < -0.39 is 0 Å². The Labute approximate surface area is 162 Å². The van der Waals surface area contributed by atoms with Crippen LogP contribution in [-0.4, -0.2) is 41.4 Å². The summed E-state index contributed by atoms with van der Waals surface area (Å²) >= 11 is 0. The van der Waals surface area contributed by atoms with Crippen LogP contribution < -0.4 is 9.47 Å². The van der Waals surface area contributed by atoms with E-state index in [4.69, 9.17) is 14.5 Å². The summed E-state index contributed by atoms with van der Waals surface area (Å²) in [7, 11) is 4.41. The van der Waals surface area contributed by atoms with Gasteiger partial charge in [0.2, 0.25) is 6.79 Å². The first-order valence-electron chi connectivity index (χ1n) is 10.2.